The van der Waals surface area contributed by atoms with Crippen molar-refractivity contribution < 1.29 is 22.7 Å². The zero-order chi connectivity index (χ0) is 23.3. The second kappa shape index (κ2) is 10.0. The van der Waals surface area contributed by atoms with Gasteiger partial charge in [-0.15, -0.1) is 0 Å². The Morgan fingerprint density at radius 2 is 1.75 bits per heavy atom. The van der Waals surface area contributed by atoms with Crippen LogP contribution in [-0.4, -0.2) is 51.1 Å². The number of hydrogen-bond donors (Lipinski definition) is 1. The van der Waals surface area contributed by atoms with Gasteiger partial charge in [-0.2, -0.15) is 0 Å². The molecule has 1 saturated heterocycles. The fourth-order valence-electron chi connectivity index (χ4n) is 3.37. The molecule has 32 heavy (non-hydrogen) atoms. The van der Waals surface area contributed by atoms with E-state index in [1.807, 2.05) is 29.2 Å². The lowest BCUT2D eigenvalue weighted by molar-refractivity contribution is -0.128. The number of carbonyl (C=O) groups is 2. The van der Waals surface area contributed by atoms with Gasteiger partial charge < -0.3 is 15.0 Å². The molecular weight excluding hydrogens is 430 g/mol. The SMILES string of the molecule is C[C@H](Oc1ccc(N(C)S(C)(=O)=O)cc1)C(=O)NCc1ccc(CN2CCCC2=O)cc1. The van der Waals surface area contributed by atoms with Crippen molar-refractivity contribution in [3.63, 3.8) is 0 Å². The molecule has 0 aromatic heterocycles. The van der Waals surface area contributed by atoms with Gasteiger partial charge in [-0.05, 0) is 48.7 Å². The molecule has 0 bridgehead atoms. The monoisotopic (exact) mass is 459 g/mol. The smallest absolute Gasteiger partial charge is 0.261 e. The van der Waals surface area contributed by atoms with Gasteiger partial charge in [0.15, 0.2) is 6.10 Å². The fraction of sp³-hybridized carbons (Fsp3) is 0.391. The second-order valence-corrected chi connectivity index (χ2v) is 9.95. The van der Waals surface area contributed by atoms with Gasteiger partial charge in [0, 0.05) is 33.1 Å². The number of rotatable bonds is 9. The van der Waals surface area contributed by atoms with E-state index in [2.05, 4.69) is 5.32 Å². The maximum atomic E-state index is 12.4. The summed E-state index contributed by atoms with van der Waals surface area (Å²) in [5.74, 6) is 0.417. The summed E-state index contributed by atoms with van der Waals surface area (Å²) in [6.45, 7) is 3.45. The van der Waals surface area contributed by atoms with Gasteiger partial charge in [0.1, 0.15) is 5.75 Å². The molecule has 2 aromatic carbocycles. The minimum absolute atomic E-state index is 0.201. The Hall–Kier alpha value is -3.07. The highest BCUT2D eigenvalue weighted by Crippen LogP contribution is 2.21. The molecule has 0 aliphatic carbocycles. The minimum atomic E-state index is -3.34. The first-order chi connectivity index (χ1) is 15.1. The van der Waals surface area contributed by atoms with Crippen molar-refractivity contribution in [1.29, 1.82) is 0 Å². The summed E-state index contributed by atoms with van der Waals surface area (Å²) in [7, 11) is -1.87. The molecule has 1 heterocycles. The van der Waals surface area contributed by atoms with E-state index in [0.29, 0.717) is 30.9 Å². The first-order valence-electron chi connectivity index (χ1n) is 10.5. The van der Waals surface area contributed by atoms with Crippen molar-refractivity contribution in [3.05, 3.63) is 59.7 Å². The first kappa shape index (κ1) is 23.6. The van der Waals surface area contributed by atoms with Crippen LogP contribution in [-0.2, 0) is 32.7 Å². The predicted molar refractivity (Wildman–Crippen MR) is 123 cm³/mol. The summed E-state index contributed by atoms with van der Waals surface area (Å²) in [5, 5.41) is 2.85. The molecular formula is C23H29N3O5S. The van der Waals surface area contributed by atoms with E-state index in [4.69, 9.17) is 4.74 Å². The zero-order valence-electron chi connectivity index (χ0n) is 18.6. The average Bonchev–Trinajstić information content (AvgIpc) is 3.16. The van der Waals surface area contributed by atoms with Crippen molar-refractivity contribution in [3.8, 4) is 5.75 Å². The van der Waals surface area contributed by atoms with E-state index < -0.39 is 16.1 Å². The zero-order valence-corrected chi connectivity index (χ0v) is 19.4. The number of hydrogen-bond acceptors (Lipinski definition) is 5. The Labute approximate surface area is 189 Å². The molecule has 1 aliphatic rings. The molecule has 2 amide bonds. The van der Waals surface area contributed by atoms with Crippen molar-refractivity contribution in [2.75, 3.05) is 24.2 Å². The highest BCUT2D eigenvalue weighted by atomic mass is 32.2. The number of carbonyl (C=O) groups excluding carboxylic acids is 2. The summed E-state index contributed by atoms with van der Waals surface area (Å²) in [6.07, 6.45) is 1.97. The maximum absolute atomic E-state index is 12.4. The van der Waals surface area contributed by atoms with Crippen LogP contribution in [0.3, 0.4) is 0 Å². The van der Waals surface area contributed by atoms with Crippen LogP contribution in [0.25, 0.3) is 0 Å². The summed E-state index contributed by atoms with van der Waals surface area (Å²) in [4.78, 5) is 26.0. The highest BCUT2D eigenvalue weighted by molar-refractivity contribution is 7.92. The predicted octanol–water partition coefficient (Wildman–Crippen LogP) is 2.29. The number of nitrogens with one attached hydrogen (secondary N) is 1. The van der Waals surface area contributed by atoms with E-state index in [-0.39, 0.29) is 11.8 Å². The van der Waals surface area contributed by atoms with Gasteiger partial charge in [0.25, 0.3) is 5.91 Å². The van der Waals surface area contributed by atoms with E-state index in [9.17, 15) is 18.0 Å². The molecule has 8 nitrogen and oxygen atoms in total. The van der Waals surface area contributed by atoms with Crippen LogP contribution < -0.4 is 14.4 Å². The number of ether oxygens (including phenoxy) is 1. The standard InChI is InChI=1S/C23H29N3O5S/c1-17(31-21-12-10-20(11-13-21)25(2)32(3,29)30)23(28)24-15-18-6-8-19(9-7-18)16-26-14-4-5-22(26)27/h6-13,17H,4-5,14-16H2,1-3H3,(H,24,28)/t17-/m0/s1. The van der Waals surface area contributed by atoms with E-state index >= 15 is 0 Å². The van der Waals surface area contributed by atoms with Crippen LogP contribution in [0.2, 0.25) is 0 Å². The number of sulfonamides is 1. The molecule has 1 fully saturated rings. The van der Waals surface area contributed by atoms with E-state index in [1.54, 1.807) is 31.2 Å². The minimum Gasteiger partial charge on any atom is -0.481 e. The third-order valence-corrected chi connectivity index (χ3v) is 6.62. The lowest BCUT2D eigenvalue weighted by atomic mass is 10.1. The van der Waals surface area contributed by atoms with Gasteiger partial charge in [0.2, 0.25) is 15.9 Å². The van der Waals surface area contributed by atoms with Crippen LogP contribution in [0.15, 0.2) is 48.5 Å². The number of amides is 2. The van der Waals surface area contributed by atoms with E-state index in [0.717, 1.165) is 30.3 Å². The third-order valence-electron chi connectivity index (χ3n) is 5.41. The number of likely N-dealkylation sites (tertiary alicyclic amines) is 1. The molecule has 2 aromatic rings. The lowest BCUT2D eigenvalue weighted by Crippen LogP contribution is -2.35. The molecule has 0 radical (unpaired) electrons. The number of benzene rings is 2. The van der Waals surface area contributed by atoms with Crippen molar-refractivity contribution >= 4 is 27.5 Å². The average molecular weight is 460 g/mol. The van der Waals surface area contributed by atoms with Gasteiger partial charge in [0.05, 0.1) is 11.9 Å². The molecule has 0 unspecified atom stereocenters. The molecule has 9 heteroatoms. The summed E-state index contributed by atoms with van der Waals surface area (Å²) >= 11 is 0. The van der Waals surface area contributed by atoms with Crippen LogP contribution in [0.1, 0.15) is 30.9 Å². The third kappa shape index (κ3) is 6.23. The Morgan fingerprint density at radius 1 is 1.12 bits per heavy atom. The quantitative estimate of drug-likeness (QED) is 0.621. The molecule has 1 N–H and O–H groups in total. The normalized spacial score (nSPS) is 14.8. The lowest BCUT2D eigenvalue weighted by Gasteiger charge is -2.18. The van der Waals surface area contributed by atoms with Gasteiger partial charge in [-0.25, -0.2) is 8.42 Å². The van der Waals surface area contributed by atoms with Crippen molar-refractivity contribution in [1.82, 2.24) is 10.2 Å². The number of nitrogens with zero attached hydrogens (tertiary/aromatic N) is 2. The van der Waals surface area contributed by atoms with Gasteiger partial charge in [-0.3, -0.25) is 13.9 Å². The number of anilines is 1. The summed E-state index contributed by atoms with van der Waals surface area (Å²) in [5.41, 5.74) is 2.53. The Kier molecular flexibility index (Phi) is 7.40. The van der Waals surface area contributed by atoms with Crippen molar-refractivity contribution in [2.24, 2.45) is 0 Å². The summed E-state index contributed by atoms with van der Waals surface area (Å²) in [6, 6.07) is 14.3. The molecule has 1 atom stereocenters. The highest BCUT2D eigenvalue weighted by Gasteiger charge is 2.20. The Morgan fingerprint density at radius 3 is 2.31 bits per heavy atom. The van der Waals surface area contributed by atoms with Crippen LogP contribution in [0.4, 0.5) is 5.69 Å². The van der Waals surface area contributed by atoms with Gasteiger partial charge >= 0.3 is 0 Å². The Balaban J connectivity index is 1.47. The first-order valence-corrected chi connectivity index (χ1v) is 12.3. The topological polar surface area (TPSA) is 96.0 Å². The van der Waals surface area contributed by atoms with Crippen LogP contribution in [0, 0.1) is 0 Å². The van der Waals surface area contributed by atoms with Crippen LogP contribution >= 0.6 is 0 Å². The van der Waals surface area contributed by atoms with Crippen molar-refractivity contribution in [2.45, 2.75) is 39.0 Å². The fourth-order valence-corrected chi connectivity index (χ4v) is 3.88. The molecule has 0 spiro atoms. The molecule has 3 rings (SSSR count). The molecule has 172 valence electrons. The van der Waals surface area contributed by atoms with Gasteiger partial charge in [-0.1, -0.05) is 24.3 Å². The molecule has 0 saturated carbocycles. The summed E-state index contributed by atoms with van der Waals surface area (Å²) < 4.78 is 30.1. The molecule has 1 aliphatic heterocycles. The largest absolute Gasteiger partial charge is 0.481 e. The second-order valence-electron chi connectivity index (χ2n) is 7.94. The maximum Gasteiger partial charge on any atom is 0.261 e. The van der Waals surface area contributed by atoms with Crippen LogP contribution in [0.5, 0.6) is 5.75 Å². The Bertz CT molecular complexity index is 1050. The van der Waals surface area contributed by atoms with E-state index in [1.165, 1.54) is 11.4 Å².